The monoisotopic (exact) mass is 201 g/mol. The van der Waals surface area contributed by atoms with Gasteiger partial charge in [-0.1, -0.05) is 30.3 Å². The molecule has 2 aromatic rings. The van der Waals surface area contributed by atoms with Gasteiger partial charge in [-0.05, 0) is 5.56 Å². The van der Waals surface area contributed by atoms with E-state index >= 15 is 0 Å². The van der Waals surface area contributed by atoms with Crippen LogP contribution in [0.2, 0.25) is 0 Å². The van der Waals surface area contributed by atoms with E-state index in [4.69, 9.17) is 9.68 Å². The first-order valence-electron chi connectivity index (χ1n) is 4.58. The van der Waals surface area contributed by atoms with E-state index in [-0.39, 0.29) is 0 Å². The molecule has 0 aliphatic heterocycles. The van der Waals surface area contributed by atoms with E-state index in [0.29, 0.717) is 20.1 Å². The second-order valence-corrected chi connectivity index (χ2v) is 3.06. The lowest BCUT2D eigenvalue weighted by Gasteiger charge is -2.00. The summed E-state index contributed by atoms with van der Waals surface area (Å²) >= 11 is 0. The zero-order valence-corrected chi connectivity index (χ0v) is 8.08. The van der Waals surface area contributed by atoms with Gasteiger partial charge in [0, 0.05) is 12.3 Å². The Labute approximate surface area is 88.4 Å². The highest BCUT2D eigenvalue weighted by Crippen LogP contribution is 2.07. The first-order valence-corrected chi connectivity index (χ1v) is 4.58. The van der Waals surface area contributed by atoms with Crippen LogP contribution >= 0.6 is 0 Å². The Morgan fingerprint density at radius 3 is 2.80 bits per heavy atom. The van der Waals surface area contributed by atoms with Gasteiger partial charge in [0.1, 0.15) is 0 Å². The molecule has 2 rings (SSSR count). The summed E-state index contributed by atoms with van der Waals surface area (Å²) in [7, 11) is 0.620. The van der Waals surface area contributed by atoms with Gasteiger partial charge in [-0.25, -0.2) is 0 Å². The lowest BCUT2D eigenvalue weighted by molar-refractivity contribution is 0.436. The number of hydrogen-bond acceptors (Lipinski definition) is 3. The third-order valence-electron chi connectivity index (χ3n) is 1.98. The van der Waals surface area contributed by atoms with Gasteiger partial charge in [-0.2, -0.15) is 0 Å². The van der Waals surface area contributed by atoms with Crippen molar-refractivity contribution < 1.29 is 9.68 Å². The van der Waals surface area contributed by atoms with Crippen LogP contribution in [0.1, 0.15) is 5.56 Å². The van der Waals surface area contributed by atoms with Crippen LogP contribution in [0.25, 0.3) is 0 Å². The first-order chi connectivity index (χ1) is 7.38. The molecule has 0 amide bonds. The summed E-state index contributed by atoms with van der Waals surface area (Å²) in [5.74, 6) is 0.383. The van der Waals surface area contributed by atoms with Gasteiger partial charge in [0.15, 0.2) is 0 Å². The smallest absolute Gasteiger partial charge is 0.522 e. The van der Waals surface area contributed by atoms with Gasteiger partial charge in [0.25, 0.3) is 0 Å². The minimum absolute atomic E-state index is 0.383. The number of benzene rings is 1. The van der Waals surface area contributed by atoms with Gasteiger partial charge in [0.2, 0.25) is 5.88 Å². The number of nitrogens with zero attached hydrogens (tertiary/aromatic N) is 2. The molecule has 75 valence electrons. The first kappa shape index (κ1) is 9.80. The summed E-state index contributed by atoms with van der Waals surface area (Å²) in [5, 5.41) is 12.5. The van der Waals surface area contributed by atoms with Crippen molar-refractivity contribution in [2.45, 2.75) is 6.54 Å². The Hall–Kier alpha value is -1.75. The minimum atomic E-state index is 0.383. The zero-order valence-electron chi connectivity index (χ0n) is 8.08. The highest BCUT2D eigenvalue weighted by atomic mass is 16.5. The molecule has 0 fully saturated rings. The zero-order chi connectivity index (χ0) is 10.5. The number of rotatable bonds is 4. The molecule has 0 spiro atoms. The number of aromatic nitrogens is 2. The van der Waals surface area contributed by atoms with Crippen LogP contribution in [0.4, 0.5) is 0 Å². The predicted octanol–water partition coefficient (Wildman–Crippen LogP) is 0.837. The molecule has 1 aromatic heterocycles. The van der Waals surface area contributed by atoms with Crippen molar-refractivity contribution in [3.8, 4) is 5.88 Å². The SMILES string of the molecule is O[B]Oc1ccn(Cc2ccccc2)n1. The second kappa shape index (κ2) is 4.66. The van der Waals surface area contributed by atoms with E-state index < -0.39 is 0 Å². The highest BCUT2D eigenvalue weighted by molar-refractivity contribution is 6.17. The largest absolute Gasteiger partial charge is 0.570 e. The molecule has 0 atom stereocenters. The molecular weight excluding hydrogens is 191 g/mol. The van der Waals surface area contributed by atoms with Gasteiger partial charge in [0.05, 0.1) is 6.54 Å². The van der Waals surface area contributed by atoms with Crippen molar-refractivity contribution in [1.82, 2.24) is 9.78 Å². The summed E-state index contributed by atoms with van der Waals surface area (Å²) in [6.45, 7) is 0.690. The summed E-state index contributed by atoms with van der Waals surface area (Å²) in [6, 6.07) is 11.7. The fraction of sp³-hybridized carbons (Fsp3) is 0.100. The van der Waals surface area contributed by atoms with Crippen molar-refractivity contribution >= 4 is 7.69 Å². The van der Waals surface area contributed by atoms with Crippen molar-refractivity contribution in [3.63, 3.8) is 0 Å². The molecule has 0 unspecified atom stereocenters. The van der Waals surface area contributed by atoms with Crippen LogP contribution < -0.4 is 4.65 Å². The molecule has 0 aliphatic carbocycles. The summed E-state index contributed by atoms with van der Waals surface area (Å²) in [4.78, 5) is 0. The lowest BCUT2D eigenvalue weighted by Crippen LogP contribution is -2.03. The van der Waals surface area contributed by atoms with E-state index in [2.05, 4.69) is 5.10 Å². The Kier molecular flexibility index (Phi) is 3.04. The minimum Gasteiger partial charge on any atom is -0.522 e. The maximum Gasteiger partial charge on any atom is 0.570 e. The maximum atomic E-state index is 8.42. The molecule has 4 nitrogen and oxygen atoms in total. The summed E-state index contributed by atoms with van der Waals surface area (Å²) in [5.41, 5.74) is 1.17. The van der Waals surface area contributed by atoms with E-state index in [1.807, 2.05) is 30.3 Å². The Balaban J connectivity index is 2.05. The fourth-order valence-electron chi connectivity index (χ4n) is 1.32. The van der Waals surface area contributed by atoms with Gasteiger partial charge >= 0.3 is 7.69 Å². The molecule has 15 heavy (non-hydrogen) atoms. The predicted molar refractivity (Wildman–Crippen MR) is 56.4 cm³/mol. The summed E-state index contributed by atoms with van der Waals surface area (Å²) in [6.07, 6.45) is 1.80. The Morgan fingerprint density at radius 2 is 2.07 bits per heavy atom. The second-order valence-electron chi connectivity index (χ2n) is 3.06. The van der Waals surface area contributed by atoms with E-state index in [1.54, 1.807) is 16.9 Å². The molecule has 1 heterocycles. The average molecular weight is 201 g/mol. The molecule has 5 heteroatoms. The van der Waals surface area contributed by atoms with Crippen molar-refractivity contribution in [2.75, 3.05) is 0 Å². The molecule has 1 radical (unpaired) electrons. The standard InChI is InChI=1S/C10H10BN2O2/c14-11-15-10-6-7-13(12-10)8-9-4-2-1-3-5-9/h1-7,14H,8H2. The molecule has 0 saturated carbocycles. The molecular formula is C10H10BN2O2. The topological polar surface area (TPSA) is 47.3 Å². The van der Waals surface area contributed by atoms with Crippen molar-refractivity contribution in [3.05, 3.63) is 48.2 Å². The molecule has 1 N–H and O–H groups in total. The molecule has 0 saturated heterocycles. The van der Waals surface area contributed by atoms with Crippen LogP contribution in [0.3, 0.4) is 0 Å². The van der Waals surface area contributed by atoms with Gasteiger partial charge in [-0.15, -0.1) is 5.10 Å². The fourth-order valence-corrected chi connectivity index (χ4v) is 1.32. The van der Waals surface area contributed by atoms with Crippen LogP contribution in [-0.2, 0) is 6.54 Å². The van der Waals surface area contributed by atoms with E-state index in [0.717, 1.165) is 0 Å². The Morgan fingerprint density at radius 1 is 1.27 bits per heavy atom. The van der Waals surface area contributed by atoms with Crippen LogP contribution in [0, 0.1) is 0 Å². The third kappa shape index (κ3) is 2.60. The van der Waals surface area contributed by atoms with Crippen molar-refractivity contribution in [2.24, 2.45) is 0 Å². The number of hydrogen-bond donors (Lipinski definition) is 1. The quantitative estimate of drug-likeness (QED) is 0.745. The highest BCUT2D eigenvalue weighted by Gasteiger charge is 2.00. The van der Waals surface area contributed by atoms with Crippen LogP contribution in [0.5, 0.6) is 5.88 Å². The maximum absolute atomic E-state index is 8.42. The van der Waals surface area contributed by atoms with Crippen molar-refractivity contribution in [1.29, 1.82) is 0 Å². The van der Waals surface area contributed by atoms with Gasteiger partial charge in [-0.3, -0.25) is 4.68 Å². The molecule has 0 aliphatic rings. The average Bonchev–Trinajstić information content (AvgIpc) is 2.68. The summed E-state index contributed by atoms with van der Waals surface area (Å²) < 4.78 is 6.47. The lowest BCUT2D eigenvalue weighted by atomic mass is 10.2. The molecule has 0 bridgehead atoms. The van der Waals surface area contributed by atoms with Crippen LogP contribution in [-0.4, -0.2) is 22.5 Å². The van der Waals surface area contributed by atoms with E-state index in [9.17, 15) is 0 Å². The van der Waals surface area contributed by atoms with Gasteiger partial charge < -0.3 is 9.68 Å². The van der Waals surface area contributed by atoms with Crippen LogP contribution in [0.15, 0.2) is 42.6 Å². The molecule has 1 aromatic carbocycles. The normalized spacial score (nSPS) is 9.93. The Bertz CT molecular complexity index is 416. The van der Waals surface area contributed by atoms with E-state index in [1.165, 1.54) is 5.56 Å². The third-order valence-corrected chi connectivity index (χ3v) is 1.98.